The average Bonchev–Trinajstić information content (AvgIpc) is 3.44. The molecule has 0 fully saturated rings. The van der Waals surface area contributed by atoms with Crippen molar-refractivity contribution in [2.75, 3.05) is 12.3 Å². The maximum Gasteiger partial charge on any atom is 0.294 e. The van der Waals surface area contributed by atoms with Crippen LogP contribution in [0.5, 0.6) is 5.75 Å². The number of hydrazone groups is 1. The van der Waals surface area contributed by atoms with Gasteiger partial charge in [-0.05, 0) is 58.7 Å². The van der Waals surface area contributed by atoms with Gasteiger partial charge in [0.15, 0.2) is 5.69 Å². The monoisotopic (exact) mass is 450 g/mol. The number of hydrogen-bond donors (Lipinski definition) is 2. The Morgan fingerprint density at radius 3 is 2.79 bits per heavy atom. The first kappa shape index (κ1) is 21.6. The zero-order chi connectivity index (χ0) is 23.2. The summed E-state index contributed by atoms with van der Waals surface area (Å²) in [5.41, 5.74) is 9.48. The summed E-state index contributed by atoms with van der Waals surface area (Å²) in [5, 5.41) is 19.1. The number of nitrogen functional groups attached to an aromatic ring is 1. The molecule has 33 heavy (non-hydrogen) atoms. The zero-order valence-electron chi connectivity index (χ0n) is 17.5. The molecule has 168 valence electrons. The van der Waals surface area contributed by atoms with E-state index < -0.39 is 11.7 Å². The first-order valence-corrected chi connectivity index (χ1v) is 9.93. The van der Waals surface area contributed by atoms with Crippen molar-refractivity contribution in [1.29, 1.82) is 0 Å². The van der Waals surface area contributed by atoms with Crippen LogP contribution in [0.1, 0.15) is 29.4 Å². The Morgan fingerprint density at radius 2 is 2.09 bits per heavy atom. The number of carbonyl (C=O) groups is 1. The molecule has 2 aromatic heterocycles. The van der Waals surface area contributed by atoms with Gasteiger partial charge in [-0.15, -0.1) is 5.10 Å². The van der Waals surface area contributed by atoms with Crippen LogP contribution < -0.4 is 15.9 Å². The van der Waals surface area contributed by atoms with Gasteiger partial charge >= 0.3 is 0 Å². The molecule has 0 bridgehead atoms. The summed E-state index contributed by atoms with van der Waals surface area (Å²) in [6.45, 7) is 2.59. The van der Waals surface area contributed by atoms with Crippen molar-refractivity contribution in [3.63, 3.8) is 0 Å². The highest BCUT2D eigenvalue weighted by atomic mass is 19.1. The fraction of sp³-hybridized carbons (Fsp3) is 0.143. The van der Waals surface area contributed by atoms with E-state index in [0.29, 0.717) is 23.5 Å². The second-order valence-electron chi connectivity index (χ2n) is 6.80. The lowest BCUT2D eigenvalue weighted by Gasteiger charge is -2.08. The Hall–Kier alpha value is -4.61. The van der Waals surface area contributed by atoms with Crippen molar-refractivity contribution in [2.24, 2.45) is 5.10 Å². The Balaban J connectivity index is 1.66. The summed E-state index contributed by atoms with van der Waals surface area (Å²) in [5.74, 6) is -0.342. The average molecular weight is 450 g/mol. The van der Waals surface area contributed by atoms with Crippen molar-refractivity contribution >= 4 is 17.9 Å². The molecule has 0 unspecified atom stereocenters. The highest BCUT2D eigenvalue weighted by molar-refractivity contribution is 5.98. The van der Waals surface area contributed by atoms with Gasteiger partial charge in [-0.2, -0.15) is 9.78 Å². The summed E-state index contributed by atoms with van der Waals surface area (Å²) < 4.78 is 24.8. The number of aromatic nitrogens is 5. The topological polar surface area (TPSA) is 146 Å². The van der Waals surface area contributed by atoms with E-state index in [1.54, 1.807) is 30.3 Å². The number of amides is 1. The van der Waals surface area contributed by atoms with Crippen LogP contribution in [0.3, 0.4) is 0 Å². The fourth-order valence-corrected chi connectivity index (χ4v) is 2.91. The number of hydrogen-bond acceptors (Lipinski definition) is 9. The molecule has 0 aliphatic carbocycles. The lowest BCUT2D eigenvalue weighted by atomic mass is 10.1. The SMILES string of the molecule is CCCOc1ccc(-c2c(C(=O)N/N=C\c3cccc(F)c3)nnn2-c2nonc2N)cc1. The van der Waals surface area contributed by atoms with E-state index in [1.807, 2.05) is 6.92 Å². The third-order valence-corrected chi connectivity index (χ3v) is 4.41. The van der Waals surface area contributed by atoms with Gasteiger partial charge in [-0.25, -0.2) is 14.4 Å². The Kier molecular flexibility index (Phi) is 6.34. The third-order valence-electron chi connectivity index (χ3n) is 4.41. The van der Waals surface area contributed by atoms with Crippen LogP contribution >= 0.6 is 0 Å². The standard InChI is InChI=1S/C21H19FN8O3/c1-2-10-32-16-8-6-14(7-9-16)18-17(25-29-30(18)20-19(23)27-33-28-20)21(31)26-24-12-13-4-3-5-15(22)11-13/h3-9,11-12H,2,10H2,1H3,(H2,23,27)(H,26,31)/b24-12-. The summed E-state index contributed by atoms with van der Waals surface area (Å²) in [4.78, 5) is 12.8. The molecule has 0 atom stereocenters. The molecule has 3 N–H and O–H groups in total. The molecule has 11 nitrogen and oxygen atoms in total. The number of anilines is 1. The number of ether oxygens (including phenoxy) is 1. The minimum Gasteiger partial charge on any atom is -0.494 e. The van der Waals surface area contributed by atoms with Crippen molar-refractivity contribution in [3.05, 3.63) is 65.6 Å². The van der Waals surface area contributed by atoms with Gasteiger partial charge in [0.1, 0.15) is 17.3 Å². The predicted molar refractivity (Wildman–Crippen MR) is 116 cm³/mol. The number of carbonyl (C=O) groups excluding carboxylic acids is 1. The van der Waals surface area contributed by atoms with Gasteiger partial charge in [0, 0.05) is 5.56 Å². The van der Waals surface area contributed by atoms with E-state index in [0.717, 1.165) is 6.42 Å². The number of halogens is 1. The van der Waals surface area contributed by atoms with Gasteiger partial charge in [0.25, 0.3) is 5.91 Å². The first-order valence-electron chi connectivity index (χ1n) is 9.93. The van der Waals surface area contributed by atoms with Crippen molar-refractivity contribution in [2.45, 2.75) is 13.3 Å². The summed E-state index contributed by atoms with van der Waals surface area (Å²) >= 11 is 0. The lowest BCUT2D eigenvalue weighted by molar-refractivity contribution is 0.0950. The molecule has 4 rings (SSSR count). The Labute approximate surface area is 187 Å². The van der Waals surface area contributed by atoms with Crippen LogP contribution in [0.4, 0.5) is 10.2 Å². The number of nitrogens with two attached hydrogens (primary N) is 1. The molecule has 2 heterocycles. The number of nitrogens with zero attached hydrogens (tertiary/aromatic N) is 6. The van der Waals surface area contributed by atoms with E-state index in [-0.39, 0.29) is 23.0 Å². The lowest BCUT2D eigenvalue weighted by Crippen LogP contribution is -2.19. The third kappa shape index (κ3) is 4.84. The van der Waals surface area contributed by atoms with Gasteiger partial charge < -0.3 is 10.5 Å². The molecule has 0 saturated heterocycles. The fourth-order valence-electron chi connectivity index (χ4n) is 2.91. The van der Waals surface area contributed by atoms with Crippen LogP contribution in [0, 0.1) is 5.82 Å². The Morgan fingerprint density at radius 1 is 1.27 bits per heavy atom. The quantitative estimate of drug-likeness (QED) is 0.308. The predicted octanol–water partition coefficient (Wildman–Crippen LogP) is 2.59. The maximum absolute atomic E-state index is 13.3. The highest BCUT2D eigenvalue weighted by Gasteiger charge is 2.25. The second kappa shape index (κ2) is 9.68. The van der Waals surface area contributed by atoms with Crippen LogP contribution in [-0.2, 0) is 0 Å². The van der Waals surface area contributed by atoms with E-state index in [2.05, 4.69) is 35.8 Å². The highest BCUT2D eigenvalue weighted by Crippen LogP contribution is 2.28. The minimum atomic E-state index is -0.648. The largest absolute Gasteiger partial charge is 0.494 e. The van der Waals surface area contributed by atoms with Crippen LogP contribution in [0.15, 0.2) is 58.3 Å². The number of nitrogens with one attached hydrogen (secondary N) is 1. The molecule has 0 spiro atoms. The van der Waals surface area contributed by atoms with Crippen molar-refractivity contribution in [3.8, 4) is 22.8 Å². The maximum atomic E-state index is 13.3. The molecule has 0 aliphatic rings. The molecule has 0 radical (unpaired) electrons. The van der Waals surface area contributed by atoms with E-state index >= 15 is 0 Å². The van der Waals surface area contributed by atoms with E-state index in [1.165, 1.54) is 29.1 Å². The molecule has 4 aromatic rings. The molecule has 0 saturated carbocycles. The molecule has 2 aromatic carbocycles. The van der Waals surface area contributed by atoms with E-state index in [9.17, 15) is 9.18 Å². The van der Waals surface area contributed by atoms with Crippen molar-refractivity contribution < 1.29 is 18.6 Å². The molecular weight excluding hydrogens is 431 g/mol. The second-order valence-corrected chi connectivity index (χ2v) is 6.80. The summed E-state index contributed by atoms with van der Waals surface area (Å²) in [7, 11) is 0. The molecule has 0 aliphatic heterocycles. The van der Waals surface area contributed by atoms with Gasteiger partial charge in [-0.3, -0.25) is 4.79 Å². The number of benzene rings is 2. The van der Waals surface area contributed by atoms with Gasteiger partial charge in [0.05, 0.1) is 12.8 Å². The summed E-state index contributed by atoms with van der Waals surface area (Å²) in [6, 6.07) is 12.8. The van der Waals surface area contributed by atoms with Crippen LogP contribution in [0.2, 0.25) is 0 Å². The van der Waals surface area contributed by atoms with Crippen LogP contribution in [0.25, 0.3) is 17.1 Å². The van der Waals surface area contributed by atoms with Crippen LogP contribution in [-0.4, -0.2) is 44.0 Å². The van der Waals surface area contributed by atoms with Crippen molar-refractivity contribution in [1.82, 2.24) is 30.7 Å². The normalized spacial score (nSPS) is 11.1. The zero-order valence-corrected chi connectivity index (χ0v) is 17.5. The number of rotatable bonds is 8. The molecule has 1 amide bonds. The van der Waals surface area contributed by atoms with Gasteiger partial charge in [-0.1, -0.05) is 24.3 Å². The smallest absolute Gasteiger partial charge is 0.294 e. The van der Waals surface area contributed by atoms with Gasteiger partial charge in [0.2, 0.25) is 11.6 Å². The first-order chi connectivity index (χ1) is 16.1. The minimum absolute atomic E-state index is 0.0277. The molecule has 12 heteroatoms. The Bertz CT molecular complexity index is 1280. The van der Waals surface area contributed by atoms with E-state index in [4.69, 9.17) is 10.5 Å². The summed E-state index contributed by atoms with van der Waals surface area (Å²) in [6.07, 6.45) is 2.18. The molecular formula is C21H19FN8O3.